The predicted molar refractivity (Wildman–Crippen MR) is 78.7 cm³/mol. The number of carboxylic acid groups (broad SMARTS) is 1. The van der Waals surface area contributed by atoms with Crippen LogP contribution in [0, 0.1) is 5.92 Å². The van der Waals surface area contributed by atoms with E-state index in [0.29, 0.717) is 11.4 Å². The van der Waals surface area contributed by atoms with E-state index in [-0.39, 0.29) is 37.7 Å². The van der Waals surface area contributed by atoms with Crippen molar-refractivity contribution in [3.8, 4) is 5.75 Å². The van der Waals surface area contributed by atoms with Crippen molar-refractivity contribution in [1.82, 2.24) is 5.32 Å². The lowest BCUT2D eigenvalue weighted by atomic mass is 10.1. The third-order valence-electron chi connectivity index (χ3n) is 3.51. The van der Waals surface area contributed by atoms with Crippen LogP contribution in [0.25, 0.3) is 0 Å². The Hall–Kier alpha value is -2.57. The summed E-state index contributed by atoms with van der Waals surface area (Å²) in [6, 6.07) is 7.12. The number of benzene rings is 1. The van der Waals surface area contributed by atoms with Gasteiger partial charge in [-0.1, -0.05) is 12.1 Å². The molecule has 1 heterocycles. The van der Waals surface area contributed by atoms with Crippen LogP contribution >= 0.6 is 0 Å². The Morgan fingerprint density at radius 3 is 2.82 bits per heavy atom. The lowest BCUT2D eigenvalue weighted by Crippen LogP contribution is -2.34. The Bertz CT molecular complexity index is 587. The van der Waals surface area contributed by atoms with Crippen molar-refractivity contribution in [3.63, 3.8) is 0 Å². The van der Waals surface area contributed by atoms with Gasteiger partial charge in [-0.2, -0.15) is 0 Å². The van der Waals surface area contributed by atoms with Crippen LogP contribution in [-0.4, -0.2) is 43.1 Å². The first-order valence-corrected chi connectivity index (χ1v) is 6.95. The monoisotopic (exact) mass is 306 g/mol. The zero-order valence-electron chi connectivity index (χ0n) is 12.2. The SMILES string of the molecule is COc1ccccc1N1CC(C(=O)NCCC(=O)O)CC1=O. The number of para-hydroxylation sites is 2. The second kappa shape index (κ2) is 6.93. The topological polar surface area (TPSA) is 95.9 Å². The van der Waals surface area contributed by atoms with E-state index < -0.39 is 11.9 Å². The minimum Gasteiger partial charge on any atom is -0.495 e. The van der Waals surface area contributed by atoms with Crippen LogP contribution in [0.15, 0.2) is 24.3 Å². The minimum absolute atomic E-state index is 0.0630. The van der Waals surface area contributed by atoms with E-state index in [2.05, 4.69) is 5.32 Å². The molecule has 0 spiro atoms. The summed E-state index contributed by atoms with van der Waals surface area (Å²) in [6.07, 6.45) is -0.0282. The average molecular weight is 306 g/mol. The molecule has 22 heavy (non-hydrogen) atoms. The molecule has 7 nitrogen and oxygen atoms in total. The summed E-state index contributed by atoms with van der Waals surface area (Å²) >= 11 is 0. The van der Waals surface area contributed by atoms with Crippen LogP contribution in [0.1, 0.15) is 12.8 Å². The van der Waals surface area contributed by atoms with E-state index in [1.165, 1.54) is 12.0 Å². The van der Waals surface area contributed by atoms with Gasteiger partial charge in [0.1, 0.15) is 5.75 Å². The first-order chi connectivity index (χ1) is 10.5. The van der Waals surface area contributed by atoms with E-state index in [0.717, 1.165) is 0 Å². The molecular formula is C15H18N2O5. The Labute approximate surface area is 127 Å². The summed E-state index contributed by atoms with van der Waals surface area (Å²) in [6.45, 7) is 0.325. The number of rotatable bonds is 6. The van der Waals surface area contributed by atoms with Gasteiger partial charge < -0.3 is 20.1 Å². The van der Waals surface area contributed by atoms with Crippen LogP contribution < -0.4 is 15.0 Å². The molecule has 2 amide bonds. The molecule has 1 atom stereocenters. The fraction of sp³-hybridized carbons (Fsp3) is 0.400. The fourth-order valence-electron chi connectivity index (χ4n) is 2.41. The number of hydrogen-bond acceptors (Lipinski definition) is 4. The van der Waals surface area contributed by atoms with Gasteiger partial charge in [0, 0.05) is 19.5 Å². The molecule has 1 fully saturated rings. The number of anilines is 1. The Morgan fingerprint density at radius 1 is 1.41 bits per heavy atom. The molecule has 1 saturated heterocycles. The number of nitrogens with one attached hydrogen (secondary N) is 1. The van der Waals surface area contributed by atoms with E-state index in [9.17, 15) is 14.4 Å². The minimum atomic E-state index is -0.974. The molecule has 2 rings (SSSR count). The Balaban J connectivity index is 2.01. The number of carbonyl (C=O) groups excluding carboxylic acids is 2. The van der Waals surface area contributed by atoms with Crippen LogP contribution in [0.4, 0.5) is 5.69 Å². The molecule has 7 heteroatoms. The summed E-state index contributed by atoms with van der Waals surface area (Å²) in [7, 11) is 1.52. The average Bonchev–Trinajstić information content (AvgIpc) is 2.88. The van der Waals surface area contributed by atoms with Crippen molar-refractivity contribution in [1.29, 1.82) is 0 Å². The van der Waals surface area contributed by atoms with Gasteiger partial charge in [0.05, 0.1) is 25.1 Å². The molecule has 1 aromatic carbocycles. The summed E-state index contributed by atoms with van der Waals surface area (Å²) < 4.78 is 5.23. The zero-order chi connectivity index (χ0) is 16.1. The predicted octanol–water partition coefficient (Wildman–Crippen LogP) is 0.639. The molecule has 0 saturated carbocycles. The van der Waals surface area contributed by atoms with Crippen LogP contribution in [0.3, 0.4) is 0 Å². The Kier molecular flexibility index (Phi) is 4.98. The lowest BCUT2D eigenvalue weighted by Gasteiger charge is -2.19. The van der Waals surface area contributed by atoms with Gasteiger partial charge >= 0.3 is 5.97 Å². The highest BCUT2D eigenvalue weighted by Gasteiger charge is 2.36. The number of amides is 2. The largest absolute Gasteiger partial charge is 0.495 e. The molecule has 2 N–H and O–H groups in total. The standard InChI is InChI=1S/C15H18N2O5/c1-22-12-5-3-2-4-11(12)17-9-10(8-13(17)18)15(21)16-7-6-14(19)20/h2-5,10H,6-9H2,1H3,(H,16,21)(H,19,20). The highest BCUT2D eigenvalue weighted by Crippen LogP contribution is 2.32. The summed E-state index contributed by atoms with van der Waals surface area (Å²) in [5.41, 5.74) is 0.635. The van der Waals surface area contributed by atoms with Crippen LogP contribution in [-0.2, 0) is 14.4 Å². The highest BCUT2D eigenvalue weighted by molar-refractivity contribution is 6.01. The van der Waals surface area contributed by atoms with Crippen molar-refractivity contribution >= 4 is 23.5 Å². The number of methoxy groups -OCH3 is 1. The maximum absolute atomic E-state index is 12.1. The number of nitrogens with zero attached hydrogens (tertiary/aromatic N) is 1. The number of carboxylic acids is 1. The van der Waals surface area contributed by atoms with Gasteiger partial charge in [-0.3, -0.25) is 14.4 Å². The van der Waals surface area contributed by atoms with Crippen molar-refractivity contribution < 1.29 is 24.2 Å². The van der Waals surface area contributed by atoms with Gasteiger partial charge in [0.25, 0.3) is 0 Å². The number of ether oxygens (including phenoxy) is 1. The second-order valence-electron chi connectivity index (χ2n) is 5.01. The molecule has 0 bridgehead atoms. The molecule has 1 aliphatic heterocycles. The first-order valence-electron chi connectivity index (χ1n) is 6.95. The summed E-state index contributed by atoms with van der Waals surface area (Å²) in [4.78, 5) is 36.1. The first kappa shape index (κ1) is 15.8. The molecule has 118 valence electrons. The molecule has 0 aliphatic carbocycles. The molecule has 1 unspecified atom stereocenters. The number of hydrogen-bond donors (Lipinski definition) is 2. The molecular weight excluding hydrogens is 288 g/mol. The summed E-state index contributed by atoms with van der Waals surface area (Å²) in [5, 5.41) is 11.1. The van der Waals surface area contributed by atoms with Gasteiger partial charge in [-0.15, -0.1) is 0 Å². The van der Waals surface area contributed by atoms with Crippen molar-refractivity contribution in [2.45, 2.75) is 12.8 Å². The second-order valence-corrected chi connectivity index (χ2v) is 5.01. The molecule has 0 radical (unpaired) electrons. The zero-order valence-corrected chi connectivity index (χ0v) is 12.2. The van der Waals surface area contributed by atoms with Gasteiger partial charge in [-0.25, -0.2) is 0 Å². The molecule has 1 aromatic rings. The normalized spacial score (nSPS) is 17.4. The van der Waals surface area contributed by atoms with Gasteiger partial charge in [0.15, 0.2) is 0 Å². The highest BCUT2D eigenvalue weighted by atomic mass is 16.5. The smallest absolute Gasteiger partial charge is 0.305 e. The third kappa shape index (κ3) is 3.55. The molecule has 0 aromatic heterocycles. The van der Waals surface area contributed by atoms with Crippen LogP contribution in [0.5, 0.6) is 5.75 Å². The number of carbonyl (C=O) groups is 3. The fourth-order valence-corrected chi connectivity index (χ4v) is 2.41. The molecule has 1 aliphatic rings. The van der Waals surface area contributed by atoms with E-state index in [4.69, 9.17) is 9.84 Å². The lowest BCUT2D eigenvalue weighted by molar-refractivity contribution is -0.137. The van der Waals surface area contributed by atoms with E-state index >= 15 is 0 Å². The van der Waals surface area contributed by atoms with Crippen LogP contribution in [0.2, 0.25) is 0 Å². The summed E-state index contributed by atoms with van der Waals surface area (Å²) in [5.74, 6) is -1.33. The van der Waals surface area contributed by atoms with E-state index in [1.54, 1.807) is 24.3 Å². The third-order valence-corrected chi connectivity index (χ3v) is 3.51. The number of aliphatic carboxylic acids is 1. The quantitative estimate of drug-likeness (QED) is 0.804. The maximum atomic E-state index is 12.1. The maximum Gasteiger partial charge on any atom is 0.305 e. The van der Waals surface area contributed by atoms with Crippen molar-refractivity contribution in [2.24, 2.45) is 5.92 Å². The Morgan fingerprint density at radius 2 is 2.14 bits per heavy atom. The van der Waals surface area contributed by atoms with Crippen molar-refractivity contribution in [2.75, 3.05) is 25.1 Å². The van der Waals surface area contributed by atoms with Crippen molar-refractivity contribution in [3.05, 3.63) is 24.3 Å². The van der Waals surface area contributed by atoms with Gasteiger partial charge in [-0.05, 0) is 12.1 Å². The van der Waals surface area contributed by atoms with E-state index in [1.807, 2.05) is 0 Å². The van der Waals surface area contributed by atoms with Gasteiger partial charge in [0.2, 0.25) is 11.8 Å².